The third kappa shape index (κ3) is 3.59. The summed E-state index contributed by atoms with van der Waals surface area (Å²) in [6.45, 7) is 1.31. The van der Waals surface area contributed by atoms with E-state index in [2.05, 4.69) is 4.18 Å². The van der Waals surface area contributed by atoms with Gasteiger partial charge < -0.3 is 0 Å². The highest BCUT2D eigenvalue weighted by atomic mass is 32.2. The van der Waals surface area contributed by atoms with Crippen molar-refractivity contribution in [2.75, 3.05) is 0 Å². The summed E-state index contributed by atoms with van der Waals surface area (Å²) in [5, 5.41) is 0.536. The number of nitrogens with two attached hydrogens (primary N) is 2. The standard InChI is InChI=1S/C3H10N4O4S/c1-2(11-12(9)10)7(5)3(8)6-4/h2H,4-5H2,1H3,(H,6,8)(H,9,10). The van der Waals surface area contributed by atoms with Gasteiger partial charge in [-0.3, -0.25) is 9.98 Å². The maximum Gasteiger partial charge on any atom is 0.348 e. The highest BCUT2D eigenvalue weighted by Crippen LogP contribution is 1.96. The molecule has 12 heavy (non-hydrogen) atoms. The van der Waals surface area contributed by atoms with Crippen molar-refractivity contribution in [3.05, 3.63) is 0 Å². The van der Waals surface area contributed by atoms with Gasteiger partial charge in [0, 0.05) is 0 Å². The van der Waals surface area contributed by atoms with E-state index in [-0.39, 0.29) is 0 Å². The molecule has 0 saturated carbocycles. The minimum Gasteiger partial charge on any atom is -0.284 e. The fraction of sp³-hybridized carbons (Fsp3) is 0.667. The van der Waals surface area contributed by atoms with E-state index in [4.69, 9.17) is 16.2 Å². The second-order valence-corrected chi connectivity index (χ2v) is 2.40. The average Bonchev–Trinajstić information content (AvgIpc) is 2.00. The van der Waals surface area contributed by atoms with E-state index in [0.717, 1.165) is 0 Å². The zero-order valence-corrected chi connectivity index (χ0v) is 7.08. The lowest BCUT2D eigenvalue weighted by molar-refractivity contribution is 0.0688. The molecule has 0 fully saturated rings. The maximum absolute atomic E-state index is 10.6. The summed E-state index contributed by atoms with van der Waals surface area (Å²) < 4.78 is 22.5. The van der Waals surface area contributed by atoms with Crippen molar-refractivity contribution in [1.82, 2.24) is 10.4 Å². The number of nitrogens with zero attached hydrogens (tertiary/aromatic N) is 1. The van der Waals surface area contributed by atoms with Crippen molar-refractivity contribution in [2.24, 2.45) is 11.7 Å². The maximum atomic E-state index is 10.6. The van der Waals surface area contributed by atoms with Crippen LogP contribution in [0.5, 0.6) is 0 Å². The Morgan fingerprint density at radius 3 is 2.67 bits per heavy atom. The normalized spacial score (nSPS) is 15.0. The molecule has 0 heterocycles. The number of nitrogens with one attached hydrogen (secondary N) is 1. The van der Waals surface area contributed by atoms with Gasteiger partial charge in [0.05, 0.1) is 0 Å². The van der Waals surface area contributed by atoms with Crippen LogP contribution in [0.4, 0.5) is 4.79 Å². The minimum absolute atomic E-state index is 0.536. The Kier molecular flexibility index (Phi) is 4.70. The molecule has 0 aromatic heterocycles. The summed E-state index contributed by atoms with van der Waals surface area (Å²) in [6, 6.07) is -0.826. The van der Waals surface area contributed by atoms with E-state index >= 15 is 0 Å². The molecular weight excluding hydrogens is 188 g/mol. The number of hydrogen-bond donors (Lipinski definition) is 4. The fourth-order valence-corrected chi connectivity index (χ4v) is 0.736. The van der Waals surface area contributed by atoms with Gasteiger partial charge >= 0.3 is 17.4 Å². The largest absolute Gasteiger partial charge is 0.348 e. The first-order valence-electron chi connectivity index (χ1n) is 2.81. The van der Waals surface area contributed by atoms with Crippen LogP contribution in [0, 0.1) is 0 Å². The van der Waals surface area contributed by atoms with Crippen LogP contribution in [-0.4, -0.2) is 26.0 Å². The number of amides is 2. The Labute approximate surface area is 71.3 Å². The quantitative estimate of drug-likeness (QED) is 0.140. The summed E-state index contributed by atoms with van der Waals surface area (Å²) in [7, 11) is 0. The summed E-state index contributed by atoms with van der Waals surface area (Å²) in [4.78, 5) is 10.6. The zero-order valence-electron chi connectivity index (χ0n) is 6.26. The van der Waals surface area contributed by atoms with Gasteiger partial charge in [-0.05, 0) is 6.92 Å². The third-order valence-electron chi connectivity index (χ3n) is 0.971. The Morgan fingerprint density at radius 2 is 2.33 bits per heavy atom. The van der Waals surface area contributed by atoms with Gasteiger partial charge in [-0.25, -0.2) is 25.7 Å². The van der Waals surface area contributed by atoms with E-state index in [9.17, 15) is 9.00 Å². The summed E-state index contributed by atoms with van der Waals surface area (Å²) >= 11 is -2.48. The molecule has 0 bridgehead atoms. The summed E-state index contributed by atoms with van der Waals surface area (Å²) in [6.07, 6.45) is -1.04. The molecular formula is C3H10N4O4S. The molecule has 8 nitrogen and oxygen atoms in total. The van der Waals surface area contributed by atoms with Gasteiger partial charge in [0.25, 0.3) is 0 Å². The Balaban J connectivity index is 4.00. The summed E-state index contributed by atoms with van der Waals surface area (Å²) in [5.74, 6) is 9.82. The first kappa shape index (κ1) is 11.3. The van der Waals surface area contributed by atoms with Gasteiger partial charge in [-0.15, -0.1) is 0 Å². The molecule has 2 atom stereocenters. The fourth-order valence-electron chi connectivity index (χ4n) is 0.405. The van der Waals surface area contributed by atoms with Gasteiger partial charge in [0.2, 0.25) is 0 Å². The molecule has 9 heteroatoms. The molecule has 0 aliphatic carbocycles. The highest BCUT2D eigenvalue weighted by Gasteiger charge is 2.17. The van der Waals surface area contributed by atoms with Crippen LogP contribution in [0.15, 0.2) is 0 Å². The van der Waals surface area contributed by atoms with Crippen LogP contribution in [-0.2, 0) is 15.5 Å². The van der Waals surface area contributed by atoms with Crippen LogP contribution >= 0.6 is 0 Å². The first-order chi connectivity index (χ1) is 5.49. The molecule has 6 N–H and O–H groups in total. The second kappa shape index (κ2) is 5.00. The number of urea groups is 1. The number of carbonyl (C=O) groups is 1. The van der Waals surface area contributed by atoms with Gasteiger partial charge in [-0.1, -0.05) is 0 Å². The third-order valence-corrected chi connectivity index (χ3v) is 1.41. The Hall–Kier alpha value is -0.740. The molecule has 0 aliphatic rings. The van der Waals surface area contributed by atoms with Crippen LogP contribution in [0.3, 0.4) is 0 Å². The van der Waals surface area contributed by atoms with Crippen molar-refractivity contribution < 1.29 is 17.7 Å². The van der Waals surface area contributed by atoms with Crippen molar-refractivity contribution in [1.29, 1.82) is 0 Å². The summed E-state index contributed by atoms with van der Waals surface area (Å²) in [5.41, 5.74) is 1.72. The van der Waals surface area contributed by atoms with E-state index in [1.165, 1.54) is 6.92 Å². The molecule has 0 aliphatic heterocycles. The molecule has 2 unspecified atom stereocenters. The molecule has 0 aromatic rings. The monoisotopic (exact) mass is 198 g/mol. The van der Waals surface area contributed by atoms with Crippen molar-refractivity contribution in [2.45, 2.75) is 13.2 Å². The molecule has 0 spiro atoms. The SMILES string of the molecule is CC(OS(=O)O)N(N)C(=O)NN. The smallest absolute Gasteiger partial charge is 0.284 e. The molecule has 0 saturated heterocycles. The average molecular weight is 198 g/mol. The van der Waals surface area contributed by atoms with Crippen LogP contribution in [0.25, 0.3) is 0 Å². The number of carbonyl (C=O) groups excluding carboxylic acids is 1. The van der Waals surface area contributed by atoms with Crippen molar-refractivity contribution >= 4 is 17.4 Å². The predicted octanol–water partition coefficient (Wildman–Crippen LogP) is -1.76. The lowest BCUT2D eigenvalue weighted by Crippen LogP contribution is -2.52. The van der Waals surface area contributed by atoms with E-state index in [1.807, 2.05) is 0 Å². The number of hydrazine groups is 2. The molecule has 0 radical (unpaired) electrons. The molecule has 2 amide bonds. The predicted molar refractivity (Wildman–Crippen MR) is 40.1 cm³/mol. The van der Waals surface area contributed by atoms with Crippen LogP contribution in [0.2, 0.25) is 0 Å². The first-order valence-corrected chi connectivity index (χ1v) is 3.84. The van der Waals surface area contributed by atoms with Crippen molar-refractivity contribution in [3.8, 4) is 0 Å². The van der Waals surface area contributed by atoms with Crippen LogP contribution < -0.4 is 17.1 Å². The Bertz CT molecular complexity index is 187. The highest BCUT2D eigenvalue weighted by molar-refractivity contribution is 7.74. The van der Waals surface area contributed by atoms with Gasteiger partial charge in [0.1, 0.15) is 0 Å². The number of hydrogen-bond acceptors (Lipinski definition) is 5. The lowest BCUT2D eigenvalue weighted by Gasteiger charge is -2.20. The second-order valence-electron chi connectivity index (χ2n) is 1.77. The Morgan fingerprint density at radius 1 is 1.83 bits per heavy atom. The molecule has 0 aromatic carbocycles. The van der Waals surface area contributed by atoms with E-state index in [1.54, 1.807) is 5.43 Å². The van der Waals surface area contributed by atoms with E-state index in [0.29, 0.717) is 5.01 Å². The number of rotatable bonds is 3. The topological polar surface area (TPSA) is 131 Å². The molecule has 72 valence electrons. The molecule has 0 rings (SSSR count). The van der Waals surface area contributed by atoms with Gasteiger partial charge in [0.15, 0.2) is 6.23 Å². The van der Waals surface area contributed by atoms with Crippen molar-refractivity contribution in [3.63, 3.8) is 0 Å². The van der Waals surface area contributed by atoms with Crippen LogP contribution in [0.1, 0.15) is 6.92 Å². The van der Waals surface area contributed by atoms with Gasteiger partial charge in [-0.2, -0.15) is 4.21 Å². The zero-order chi connectivity index (χ0) is 9.72. The minimum atomic E-state index is -2.48. The van der Waals surface area contributed by atoms with E-state index < -0.39 is 23.6 Å². The lowest BCUT2D eigenvalue weighted by atomic mass is 10.6.